The van der Waals surface area contributed by atoms with Crippen molar-refractivity contribution in [2.45, 2.75) is 4.90 Å². The first kappa shape index (κ1) is 9.79. The van der Waals surface area contributed by atoms with Gasteiger partial charge in [-0.2, -0.15) is 0 Å². The third-order valence-corrected chi connectivity index (χ3v) is 5.52. The first-order valence-electron chi connectivity index (χ1n) is 5.38. The van der Waals surface area contributed by atoms with E-state index in [1.54, 1.807) is 0 Å². The molecular weight excluding hydrogens is 216 g/mol. The summed E-state index contributed by atoms with van der Waals surface area (Å²) in [5.41, 5.74) is 0.921. The molecule has 0 saturated heterocycles. The van der Waals surface area contributed by atoms with Gasteiger partial charge in [0.05, 0.1) is 11.8 Å². The average molecular weight is 229 g/mol. The molecule has 0 radical (unpaired) electrons. The average Bonchev–Trinajstić information content (AvgIpc) is 2.36. The van der Waals surface area contributed by atoms with Gasteiger partial charge in [0.2, 0.25) is 0 Å². The second-order valence-corrected chi connectivity index (χ2v) is 6.20. The highest BCUT2D eigenvalue weighted by molar-refractivity contribution is 7.96. The van der Waals surface area contributed by atoms with Gasteiger partial charge < -0.3 is 0 Å². The smallest absolute Gasteiger partial charge is 0.183 e. The van der Waals surface area contributed by atoms with Gasteiger partial charge in [-0.1, -0.05) is 30.4 Å². The maximum atomic E-state index is 12.3. The van der Waals surface area contributed by atoms with Crippen molar-refractivity contribution >= 4 is 21.1 Å². The summed E-state index contributed by atoms with van der Waals surface area (Å²) in [5.74, 6) is 0.253. The van der Waals surface area contributed by atoms with Crippen molar-refractivity contribution in [3.8, 4) is 0 Å². The van der Waals surface area contributed by atoms with Crippen molar-refractivity contribution in [3.05, 3.63) is 54.1 Å². The van der Waals surface area contributed by atoms with Crippen LogP contribution in [0, 0.1) is 5.92 Å². The summed E-state index contributed by atoms with van der Waals surface area (Å²) in [6.45, 7) is 0. The molecule has 0 aromatic heterocycles. The lowest BCUT2D eigenvalue weighted by Gasteiger charge is -2.21. The highest BCUT2D eigenvalue weighted by atomic mass is 32.2. The standard InChI is InChI=1S/C14H12OS/c1-16-12-8-4-2-6-10(12)14(15)11-7-3-5-9-13(11)16/h2-10H,1H3/p+1. The van der Waals surface area contributed by atoms with E-state index in [1.165, 1.54) is 9.76 Å². The van der Waals surface area contributed by atoms with Crippen LogP contribution in [-0.4, -0.2) is 16.9 Å². The number of ketones is 1. The predicted octanol–water partition coefficient (Wildman–Crippen LogP) is 2.14. The lowest BCUT2D eigenvalue weighted by molar-refractivity contribution is 0.0969. The Bertz CT molecular complexity index is 564. The van der Waals surface area contributed by atoms with E-state index < -0.39 is 0 Å². The second kappa shape index (κ2) is 3.56. The Kier molecular flexibility index (Phi) is 2.18. The van der Waals surface area contributed by atoms with Crippen LogP contribution in [0.3, 0.4) is 0 Å². The van der Waals surface area contributed by atoms with Crippen molar-refractivity contribution in [1.82, 2.24) is 0 Å². The van der Waals surface area contributed by atoms with E-state index in [4.69, 9.17) is 0 Å². The van der Waals surface area contributed by atoms with Crippen LogP contribution in [0.1, 0.15) is 10.4 Å². The maximum absolute atomic E-state index is 12.3. The van der Waals surface area contributed by atoms with Gasteiger partial charge in [-0.05, 0) is 18.2 Å². The molecular formula is C14H13OS+. The molecule has 1 aromatic carbocycles. The first-order chi connectivity index (χ1) is 7.79. The van der Waals surface area contributed by atoms with Gasteiger partial charge >= 0.3 is 0 Å². The minimum Gasteiger partial charge on any atom is -0.293 e. The highest BCUT2D eigenvalue weighted by Crippen LogP contribution is 2.28. The number of benzene rings is 1. The van der Waals surface area contributed by atoms with Crippen LogP contribution in [0.5, 0.6) is 0 Å². The molecule has 1 heterocycles. The molecule has 1 nitrogen and oxygen atoms in total. The second-order valence-electron chi connectivity index (χ2n) is 4.09. The molecule has 0 spiro atoms. The summed E-state index contributed by atoms with van der Waals surface area (Å²) in [7, 11) is -0.334. The molecule has 0 amide bonds. The fourth-order valence-electron chi connectivity index (χ4n) is 2.35. The largest absolute Gasteiger partial charge is 0.293 e. The Balaban J connectivity index is 2.31. The summed E-state index contributed by atoms with van der Waals surface area (Å²) in [4.78, 5) is 14.8. The molecule has 2 heteroatoms. The third kappa shape index (κ3) is 1.26. The van der Waals surface area contributed by atoms with E-state index in [2.05, 4.69) is 18.4 Å². The van der Waals surface area contributed by atoms with E-state index in [1.807, 2.05) is 36.4 Å². The number of allylic oxidation sites excluding steroid dienone is 4. The Morgan fingerprint density at radius 2 is 2.00 bits per heavy atom. The van der Waals surface area contributed by atoms with Crippen LogP contribution in [0.15, 0.2) is 53.5 Å². The van der Waals surface area contributed by atoms with Gasteiger partial charge in [0.1, 0.15) is 15.7 Å². The first-order valence-corrected chi connectivity index (χ1v) is 7.16. The molecule has 0 N–H and O–H groups in total. The third-order valence-electron chi connectivity index (χ3n) is 3.20. The van der Waals surface area contributed by atoms with Crippen molar-refractivity contribution in [2.24, 2.45) is 5.92 Å². The number of fused-ring (bicyclic) bond motifs is 2. The van der Waals surface area contributed by atoms with E-state index in [0.29, 0.717) is 0 Å². The zero-order chi connectivity index (χ0) is 11.1. The summed E-state index contributed by atoms with van der Waals surface area (Å²) in [5, 5.41) is 0. The van der Waals surface area contributed by atoms with Crippen LogP contribution in [0.4, 0.5) is 0 Å². The Morgan fingerprint density at radius 1 is 1.19 bits per heavy atom. The molecule has 16 heavy (non-hydrogen) atoms. The van der Waals surface area contributed by atoms with Gasteiger partial charge in [0.15, 0.2) is 5.78 Å². The molecule has 80 valence electrons. The quantitative estimate of drug-likeness (QED) is 0.378. The van der Waals surface area contributed by atoms with Crippen molar-refractivity contribution in [2.75, 3.05) is 6.26 Å². The number of thiol groups is 1. The molecule has 1 aliphatic carbocycles. The molecule has 3 rings (SSSR count). The van der Waals surface area contributed by atoms with Crippen LogP contribution in [-0.2, 0) is 10.5 Å². The molecule has 2 unspecified atom stereocenters. The zero-order valence-corrected chi connectivity index (χ0v) is 9.95. The van der Waals surface area contributed by atoms with Crippen molar-refractivity contribution in [1.29, 1.82) is 0 Å². The molecule has 0 bridgehead atoms. The Morgan fingerprint density at radius 3 is 2.88 bits per heavy atom. The normalized spacial score (nSPS) is 26.6. The lowest BCUT2D eigenvalue weighted by atomic mass is 9.91. The minimum absolute atomic E-state index is 0.00369. The zero-order valence-electron chi connectivity index (χ0n) is 9.05. The minimum atomic E-state index is -0.334. The SMILES string of the molecule is C[SH+]1=C2C=CC=CC2C(=O)c2ccccc21. The number of hydrogen-bond acceptors (Lipinski definition) is 1. The fourth-order valence-corrected chi connectivity index (χ4v) is 4.42. The van der Waals surface area contributed by atoms with Gasteiger partial charge in [-0.3, -0.25) is 4.79 Å². The predicted molar refractivity (Wildman–Crippen MR) is 70.5 cm³/mol. The van der Waals surface area contributed by atoms with Crippen molar-refractivity contribution < 1.29 is 4.79 Å². The Hall–Kier alpha value is -1.41. The number of hydrogen-bond donors (Lipinski definition) is 0. The fraction of sp³-hybridized carbons (Fsp3) is 0.143. The number of carbonyl (C=O) groups excluding carboxylic acids is 1. The van der Waals surface area contributed by atoms with Gasteiger partial charge in [0.25, 0.3) is 0 Å². The summed E-state index contributed by atoms with van der Waals surface area (Å²) < 4.78 is 0. The monoisotopic (exact) mass is 229 g/mol. The summed E-state index contributed by atoms with van der Waals surface area (Å²) in [6.07, 6.45) is 10.4. The lowest BCUT2D eigenvalue weighted by Crippen LogP contribution is -2.31. The highest BCUT2D eigenvalue weighted by Gasteiger charge is 2.34. The van der Waals surface area contributed by atoms with Gasteiger partial charge in [0, 0.05) is 0 Å². The molecule has 1 aromatic rings. The van der Waals surface area contributed by atoms with Crippen LogP contribution >= 0.6 is 0 Å². The van der Waals surface area contributed by atoms with E-state index >= 15 is 0 Å². The van der Waals surface area contributed by atoms with E-state index in [-0.39, 0.29) is 22.2 Å². The number of carbonyl (C=O) groups is 1. The van der Waals surface area contributed by atoms with Crippen LogP contribution in [0.25, 0.3) is 0 Å². The molecule has 0 saturated carbocycles. The summed E-state index contributed by atoms with van der Waals surface area (Å²) in [6, 6.07) is 8.02. The van der Waals surface area contributed by atoms with Gasteiger partial charge in [-0.15, -0.1) is 10.5 Å². The number of Topliss-reactive ketones (excluding diaryl/α,β-unsaturated/α-hetero) is 1. The van der Waals surface area contributed by atoms with E-state index in [0.717, 1.165) is 5.56 Å². The topological polar surface area (TPSA) is 17.1 Å². The summed E-state index contributed by atoms with van der Waals surface area (Å²) >= 11 is 0. The Labute approximate surface area is 97.4 Å². The van der Waals surface area contributed by atoms with Crippen LogP contribution < -0.4 is 0 Å². The van der Waals surface area contributed by atoms with E-state index in [9.17, 15) is 4.79 Å². The molecule has 0 fully saturated rings. The number of rotatable bonds is 0. The maximum Gasteiger partial charge on any atom is 0.183 e. The molecule has 2 atom stereocenters. The molecule has 1 aliphatic heterocycles. The van der Waals surface area contributed by atoms with Crippen LogP contribution in [0.2, 0.25) is 0 Å². The molecule has 2 aliphatic rings. The van der Waals surface area contributed by atoms with Crippen molar-refractivity contribution in [3.63, 3.8) is 0 Å². The van der Waals surface area contributed by atoms with Gasteiger partial charge in [-0.25, -0.2) is 0 Å².